The minimum Gasteiger partial charge on any atom is -0.398 e. The molecular weight excluding hydrogens is 236 g/mol. The second-order valence-electron chi connectivity index (χ2n) is 3.63. The highest BCUT2D eigenvalue weighted by Crippen LogP contribution is 2.20. The summed E-state index contributed by atoms with van der Waals surface area (Å²) in [5, 5.41) is 7.65. The van der Waals surface area contributed by atoms with Crippen LogP contribution in [0.1, 0.15) is 22.2 Å². The largest absolute Gasteiger partial charge is 0.398 e. The maximum Gasteiger partial charge on any atom is 0.0468 e. The van der Waals surface area contributed by atoms with Gasteiger partial charge in [0.05, 0.1) is 0 Å². The fourth-order valence-electron chi connectivity index (χ4n) is 1.62. The molecule has 0 bridgehead atoms. The molecule has 2 nitrogen and oxygen atoms in total. The molecule has 0 aliphatic carbocycles. The van der Waals surface area contributed by atoms with E-state index in [2.05, 4.69) is 23.7 Å². The molecule has 0 unspecified atom stereocenters. The summed E-state index contributed by atoms with van der Waals surface area (Å²) in [6.07, 6.45) is 1.11. The normalized spacial score (nSPS) is 10.8. The zero-order chi connectivity index (χ0) is 11.4. The standard InChI is InChI=1S/C12H16N2S2/c1-2-9-3-5-15-11(9)7-14-8-12-10(13)4-6-16-12/h3-6,14H,2,7-8,13H2,1H3. The van der Waals surface area contributed by atoms with E-state index in [-0.39, 0.29) is 0 Å². The van der Waals surface area contributed by atoms with Gasteiger partial charge in [-0.2, -0.15) is 0 Å². The Labute approximate surface area is 104 Å². The molecule has 4 heteroatoms. The Morgan fingerprint density at radius 3 is 2.50 bits per heavy atom. The van der Waals surface area contributed by atoms with Crippen molar-refractivity contribution in [1.29, 1.82) is 0 Å². The molecule has 2 rings (SSSR count). The number of nitrogens with one attached hydrogen (secondary N) is 1. The molecule has 0 atom stereocenters. The second kappa shape index (κ2) is 5.48. The van der Waals surface area contributed by atoms with Crippen molar-refractivity contribution in [3.05, 3.63) is 38.2 Å². The molecule has 0 spiro atoms. The summed E-state index contributed by atoms with van der Waals surface area (Å²) in [7, 11) is 0. The number of aryl methyl sites for hydroxylation is 1. The van der Waals surface area contributed by atoms with Crippen molar-refractivity contribution in [3.63, 3.8) is 0 Å². The lowest BCUT2D eigenvalue weighted by Crippen LogP contribution is -2.12. The summed E-state index contributed by atoms with van der Waals surface area (Å²) < 4.78 is 0. The third-order valence-corrected chi connectivity index (χ3v) is 4.47. The SMILES string of the molecule is CCc1ccsc1CNCc1sccc1N. The molecule has 2 heterocycles. The molecule has 2 aromatic heterocycles. The third-order valence-electron chi connectivity index (χ3n) is 2.57. The highest BCUT2D eigenvalue weighted by molar-refractivity contribution is 7.10. The van der Waals surface area contributed by atoms with Gasteiger partial charge in [-0.05, 0) is 34.9 Å². The van der Waals surface area contributed by atoms with E-state index in [9.17, 15) is 0 Å². The molecule has 2 aromatic rings. The van der Waals surface area contributed by atoms with Gasteiger partial charge in [-0.25, -0.2) is 0 Å². The predicted molar refractivity (Wildman–Crippen MR) is 73.0 cm³/mol. The van der Waals surface area contributed by atoms with Crippen LogP contribution < -0.4 is 11.1 Å². The van der Waals surface area contributed by atoms with Crippen LogP contribution in [0.5, 0.6) is 0 Å². The minimum absolute atomic E-state index is 0.866. The van der Waals surface area contributed by atoms with E-state index in [1.807, 2.05) is 22.8 Å². The van der Waals surface area contributed by atoms with Crippen molar-refractivity contribution < 1.29 is 0 Å². The highest BCUT2D eigenvalue weighted by atomic mass is 32.1. The molecule has 0 aromatic carbocycles. The summed E-state index contributed by atoms with van der Waals surface area (Å²) in [5.74, 6) is 0. The molecule has 0 radical (unpaired) electrons. The van der Waals surface area contributed by atoms with E-state index in [0.29, 0.717) is 0 Å². The van der Waals surface area contributed by atoms with Gasteiger partial charge >= 0.3 is 0 Å². The van der Waals surface area contributed by atoms with Crippen LogP contribution in [0.4, 0.5) is 5.69 Å². The van der Waals surface area contributed by atoms with Gasteiger partial charge in [-0.3, -0.25) is 0 Å². The number of anilines is 1. The van der Waals surface area contributed by atoms with E-state index in [1.165, 1.54) is 15.3 Å². The van der Waals surface area contributed by atoms with Crippen LogP contribution in [0.3, 0.4) is 0 Å². The van der Waals surface area contributed by atoms with Gasteiger partial charge in [-0.1, -0.05) is 6.92 Å². The van der Waals surface area contributed by atoms with E-state index >= 15 is 0 Å². The molecule has 86 valence electrons. The van der Waals surface area contributed by atoms with Crippen LogP contribution in [-0.4, -0.2) is 0 Å². The Morgan fingerprint density at radius 1 is 1.12 bits per heavy atom. The van der Waals surface area contributed by atoms with Gasteiger partial charge in [0.2, 0.25) is 0 Å². The predicted octanol–water partition coefficient (Wildman–Crippen LogP) is 3.24. The van der Waals surface area contributed by atoms with E-state index in [1.54, 1.807) is 11.3 Å². The summed E-state index contributed by atoms with van der Waals surface area (Å²) >= 11 is 3.54. The monoisotopic (exact) mass is 252 g/mol. The smallest absolute Gasteiger partial charge is 0.0468 e. The summed E-state index contributed by atoms with van der Waals surface area (Å²) in [4.78, 5) is 2.67. The van der Waals surface area contributed by atoms with Crippen LogP contribution in [-0.2, 0) is 19.5 Å². The van der Waals surface area contributed by atoms with Crippen LogP contribution >= 0.6 is 22.7 Å². The third kappa shape index (κ3) is 2.64. The Morgan fingerprint density at radius 2 is 1.81 bits per heavy atom. The van der Waals surface area contributed by atoms with Crippen LogP contribution in [0.2, 0.25) is 0 Å². The van der Waals surface area contributed by atoms with Crippen molar-refractivity contribution in [2.75, 3.05) is 5.73 Å². The van der Waals surface area contributed by atoms with E-state index < -0.39 is 0 Å². The quantitative estimate of drug-likeness (QED) is 0.857. The molecule has 0 saturated carbocycles. The van der Waals surface area contributed by atoms with Crippen molar-refractivity contribution >= 4 is 28.4 Å². The fourth-order valence-corrected chi connectivity index (χ4v) is 3.34. The zero-order valence-electron chi connectivity index (χ0n) is 9.32. The van der Waals surface area contributed by atoms with E-state index in [0.717, 1.165) is 25.2 Å². The number of hydrogen-bond donors (Lipinski definition) is 2. The first kappa shape index (κ1) is 11.6. The van der Waals surface area contributed by atoms with Gasteiger partial charge < -0.3 is 11.1 Å². The summed E-state index contributed by atoms with van der Waals surface area (Å²) in [6, 6.07) is 4.17. The zero-order valence-corrected chi connectivity index (χ0v) is 11.0. The molecule has 0 aliphatic heterocycles. The van der Waals surface area contributed by atoms with Gasteiger partial charge in [-0.15, -0.1) is 22.7 Å². The maximum atomic E-state index is 5.83. The highest BCUT2D eigenvalue weighted by Gasteiger charge is 2.03. The Kier molecular flexibility index (Phi) is 3.98. The first-order valence-corrected chi connectivity index (χ1v) is 7.15. The molecule has 0 amide bonds. The van der Waals surface area contributed by atoms with Crippen molar-refractivity contribution in [1.82, 2.24) is 5.32 Å². The lowest BCUT2D eigenvalue weighted by molar-refractivity contribution is 0.705. The maximum absolute atomic E-state index is 5.83. The van der Waals surface area contributed by atoms with Gasteiger partial charge in [0.1, 0.15) is 0 Å². The van der Waals surface area contributed by atoms with Crippen LogP contribution in [0.25, 0.3) is 0 Å². The Balaban J connectivity index is 1.87. The molecule has 0 fully saturated rings. The van der Waals surface area contributed by atoms with Crippen molar-refractivity contribution in [2.24, 2.45) is 0 Å². The summed E-state index contributed by atoms with van der Waals surface area (Å²) in [5.41, 5.74) is 8.19. The average Bonchev–Trinajstić information content (AvgIpc) is 2.88. The molecule has 3 N–H and O–H groups in total. The Bertz CT molecular complexity index is 445. The average molecular weight is 252 g/mol. The topological polar surface area (TPSA) is 38.0 Å². The lowest BCUT2D eigenvalue weighted by atomic mass is 10.2. The molecule has 0 aliphatic rings. The molecule has 16 heavy (non-hydrogen) atoms. The number of thiophene rings is 2. The summed E-state index contributed by atoms with van der Waals surface area (Å²) in [6.45, 7) is 4.01. The van der Waals surface area contributed by atoms with Gasteiger partial charge in [0.25, 0.3) is 0 Å². The van der Waals surface area contributed by atoms with Crippen LogP contribution in [0, 0.1) is 0 Å². The lowest BCUT2D eigenvalue weighted by Gasteiger charge is -2.04. The molecular formula is C12H16N2S2. The van der Waals surface area contributed by atoms with Gasteiger partial charge in [0.15, 0.2) is 0 Å². The number of nitrogen functional groups attached to an aromatic ring is 1. The number of rotatable bonds is 5. The fraction of sp³-hybridized carbons (Fsp3) is 0.333. The first-order chi connectivity index (χ1) is 7.81. The molecule has 0 saturated heterocycles. The van der Waals surface area contributed by atoms with E-state index in [4.69, 9.17) is 5.73 Å². The second-order valence-corrected chi connectivity index (χ2v) is 5.63. The number of hydrogen-bond acceptors (Lipinski definition) is 4. The van der Waals surface area contributed by atoms with Crippen molar-refractivity contribution in [2.45, 2.75) is 26.4 Å². The number of nitrogens with two attached hydrogens (primary N) is 1. The Hall–Kier alpha value is -0.840. The van der Waals surface area contributed by atoms with Crippen molar-refractivity contribution in [3.8, 4) is 0 Å². The van der Waals surface area contributed by atoms with Gasteiger partial charge in [0, 0.05) is 28.5 Å². The first-order valence-electron chi connectivity index (χ1n) is 5.39. The van der Waals surface area contributed by atoms with Crippen LogP contribution in [0.15, 0.2) is 22.9 Å². The minimum atomic E-state index is 0.866.